The summed E-state index contributed by atoms with van der Waals surface area (Å²) in [5.74, 6) is 0. The second-order valence-corrected chi connectivity index (χ2v) is 4.78. The van der Waals surface area contributed by atoms with Gasteiger partial charge in [0, 0.05) is 31.7 Å². The van der Waals surface area contributed by atoms with Gasteiger partial charge in [0.25, 0.3) is 0 Å². The normalized spacial score (nSPS) is 27.2. The lowest BCUT2D eigenvalue weighted by Crippen LogP contribution is -2.59. The minimum atomic E-state index is 0.653. The lowest BCUT2D eigenvalue weighted by molar-refractivity contribution is 0.197. The van der Waals surface area contributed by atoms with Crippen LogP contribution >= 0.6 is 0 Å². The first-order valence-corrected chi connectivity index (χ1v) is 6.04. The molecular formula is C11H23N3. The van der Waals surface area contributed by atoms with Gasteiger partial charge in [0.05, 0.1) is 0 Å². The van der Waals surface area contributed by atoms with Crippen molar-refractivity contribution in [1.29, 1.82) is 0 Å². The quantitative estimate of drug-likeness (QED) is 0.684. The molecule has 0 amide bonds. The first-order valence-electron chi connectivity index (χ1n) is 6.04. The highest BCUT2D eigenvalue weighted by atomic mass is 15.2. The zero-order valence-electron chi connectivity index (χ0n) is 9.26. The van der Waals surface area contributed by atoms with Crippen molar-refractivity contribution in [2.24, 2.45) is 0 Å². The fraction of sp³-hybridized carbons (Fsp3) is 1.00. The molecule has 0 aliphatic carbocycles. The van der Waals surface area contributed by atoms with Crippen LogP contribution in [0.25, 0.3) is 0 Å². The predicted octanol–water partition coefficient (Wildman–Crippen LogP) is 0.422. The lowest BCUT2D eigenvalue weighted by atomic mass is 10.1. The Morgan fingerprint density at radius 3 is 2.57 bits per heavy atom. The van der Waals surface area contributed by atoms with Gasteiger partial charge in [0.1, 0.15) is 0 Å². The molecule has 2 aliphatic heterocycles. The van der Waals surface area contributed by atoms with Crippen molar-refractivity contribution < 1.29 is 0 Å². The van der Waals surface area contributed by atoms with E-state index in [0.717, 1.165) is 19.1 Å². The van der Waals surface area contributed by atoms with E-state index in [1.165, 1.54) is 38.9 Å². The molecule has 2 saturated heterocycles. The van der Waals surface area contributed by atoms with Crippen LogP contribution < -0.4 is 10.6 Å². The van der Waals surface area contributed by atoms with Crippen molar-refractivity contribution >= 4 is 0 Å². The summed E-state index contributed by atoms with van der Waals surface area (Å²) in [6, 6.07) is 1.38. The highest BCUT2D eigenvalue weighted by molar-refractivity contribution is 4.84. The highest BCUT2D eigenvalue weighted by Gasteiger charge is 2.20. The monoisotopic (exact) mass is 197 g/mol. The minimum Gasteiger partial charge on any atom is -0.314 e. The Hall–Kier alpha value is -0.120. The maximum Gasteiger partial charge on any atom is 0.0320 e. The van der Waals surface area contributed by atoms with Crippen LogP contribution in [0.3, 0.4) is 0 Å². The van der Waals surface area contributed by atoms with Gasteiger partial charge in [-0.05, 0) is 32.9 Å². The molecule has 0 aromatic carbocycles. The van der Waals surface area contributed by atoms with Crippen molar-refractivity contribution in [2.45, 2.75) is 38.3 Å². The van der Waals surface area contributed by atoms with E-state index in [1.807, 2.05) is 0 Å². The Bertz CT molecular complexity index is 162. The van der Waals surface area contributed by atoms with Crippen LogP contribution in [0.5, 0.6) is 0 Å². The number of piperidine rings is 1. The topological polar surface area (TPSA) is 27.3 Å². The van der Waals surface area contributed by atoms with Crippen molar-refractivity contribution in [2.75, 3.05) is 32.7 Å². The molecule has 0 aromatic heterocycles. The van der Waals surface area contributed by atoms with Crippen LogP contribution in [0.15, 0.2) is 0 Å². The maximum atomic E-state index is 3.66. The Labute approximate surface area is 87.2 Å². The first-order chi connectivity index (χ1) is 6.84. The Kier molecular flexibility index (Phi) is 3.79. The lowest BCUT2D eigenvalue weighted by Gasteiger charge is -2.34. The van der Waals surface area contributed by atoms with E-state index in [4.69, 9.17) is 0 Å². The molecule has 2 N–H and O–H groups in total. The molecule has 3 nitrogen and oxygen atoms in total. The number of nitrogens with one attached hydrogen (secondary N) is 2. The molecule has 14 heavy (non-hydrogen) atoms. The first kappa shape index (κ1) is 10.4. The summed E-state index contributed by atoms with van der Waals surface area (Å²) in [5, 5.41) is 6.95. The summed E-state index contributed by atoms with van der Waals surface area (Å²) >= 11 is 0. The number of likely N-dealkylation sites (tertiary alicyclic amines) is 1. The molecule has 0 saturated carbocycles. The molecule has 1 atom stereocenters. The Morgan fingerprint density at radius 2 is 2.00 bits per heavy atom. The summed E-state index contributed by atoms with van der Waals surface area (Å²) in [5.41, 5.74) is 0. The van der Waals surface area contributed by atoms with Gasteiger partial charge in [-0.25, -0.2) is 0 Å². The van der Waals surface area contributed by atoms with Crippen molar-refractivity contribution in [3.63, 3.8) is 0 Å². The molecule has 2 aliphatic rings. The van der Waals surface area contributed by atoms with Crippen LogP contribution in [0, 0.1) is 0 Å². The van der Waals surface area contributed by atoms with Crippen LogP contribution in [0.2, 0.25) is 0 Å². The second-order valence-electron chi connectivity index (χ2n) is 4.78. The average Bonchev–Trinajstić information content (AvgIpc) is 2.13. The van der Waals surface area contributed by atoms with Gasteiger partial charge >= 0.3 is 0 Å². The van der Waals surface area contributed by atoms with Crippen LogP contribution in [0.4, 0.5) is 0 Å². The molecule has 3 heteroatoms. The molecule has 2 fully saturated rings. The maximum absolute atomic E-state index is 3.66. The number of hydrogen-bond acceptors (Lipinski definition) is 3. The Morgan fingerprint density at radius 1 is 1.29 bits per heavy atom. The third-order valence-corrected chi connectivity index (χ3v) is 3.28. The van der Waals surface area contributed by atoms with Gasteiger partial charge in [-0.2, -0.15) is 0 Å². The summed E-state index contributed by atoms with van der Waals surface area (Å²) in [6.07, 6.45) is 4.24. The van der Waals surface area contributed by atoms with Gasteiger partial charge in [-0.15, -0.1) is 0 Å². The van der Waals surface area contributed by atoms with Crippen LogP contribution in [-0.2, 0) is 0 Å². The Balaban J connectivity index is 1.62. The summed E-state index contributed by atoms with van der Waals surface area (Å²) < 4.78 is 0. The third-order valence-electron chi connectivity index (χ3n) is 3.28. The zero-order valence-corrected chi connectivity index (χ0v) is 9.26. The summed E-state index contributed by atoms with van der Waals surface area (Å²) in [7, 11) is 0. The highest BCUT2D eigenvalue weighted by Crippen LogP contribution is 2.09. The third kappa shape index (κ3) is 2.94. The fourth-order valence-corrected chi connectivity index (χ4v) is 2.39. The molecule has 2 rings (SSSR count). The predicted molar refractivity (Wildman–Crippen MR) is 59.5 cm³/mol. The minimum absolute atomic E-state index is 0.653. The van der Waals surface area contributed by atoms with Gasteiger partial charge in [-0.3, -0.25) is 0 Å². The van der Waals surface area contributed by atoms with Crippen LogP contribution in [0.1, 0.15) is 26.2 Å². The van der Waals surface area contributed by atoms with E-state index in [0.29, 0.717) is 6.04 Å². The molecule has 0 bridgehead atoms. The van der Waals surface area contributed by atoms with Gasteiger partial charge in [-0.1, -0.05) is 6.42 Å². The van der Waals surface area contributed by atoms with Crippen molar-refractivity contribution in [3.8, 4) is 0 Å². The van der Waals surface area contributed by atoms with Gasteiger partial charge < -0.3 is 15.5 Å². The van der Waals surface area contributed by atoms with Gasteiger partial charge in [0.2, 0.25) is 0 Å². The molecule has 0 radical (unpaired) electrons. The summed E-state index contributed by atoms with van der Waals surface area (Å²) in [4.78, 5) is 2.60. The molecule has 1 unspecified atom stereocenters. The van der Waals surface area contributed by atoms with E-state index in [2.05, 4.69) is 22.5 Å². The zero-order chi connectivity index (χ0) is 9.80. The molecule has 2 heterocycles. The summed E-state index contributed by atoms with van der Waals surface area (Å²) in [6.45, 7) is 8.49. The SMILES string of the molecule is CC(CN1CCCCC1)NC1CNC1. The molecule has 0 spiro atoms. The second kappa shape index (κ2) is 5.10. The molecule has 82 valence electrons. The fourth-order valence-electron chi connectivity index (χ4n) is 2.39. The van der Waals surface area contributed by atoms with E-state index < -0.39 is 0 Å². The van der Waals surface area contributed by atoms with E-state index in [1.54, 1.807) is 0 Å². The molecule has 0 aromatic rings. The van der Waals surface area contributed by atoms with Gasteiger partial charge in [0.15, 0.2) is 0 Å². The average molecular weight is 197 g/mol. The van der Waals surface area contributed by atoms with Crippen LogP contribution in [-0.4, -0.2) is 49.7 Å². The standard InChI is InChI=1S/C11H23N3/c1-10(13-11-7-12-8-11)9-14-5-3-2-4-6-14/h10-13H,2-9H2,1H3. The van der Waals surface area contributed by atoms with E-state index in [-0.39, 0.29) is 0 Å². The molecular weight excluding hydrogens is 174 g/mol. The number of hydrogen-bond donors (Lipinski definition) is 2. The van der Waals surface area contributed by atoms with Crippen molar-refractivity contribution in [1.82, 2.24) is 15.5 Å². The number of rotatable bonds is 4. The van der Waals surface area contributed by atoms with E-state index >= 15 is 0 Å². The van der Waals surface area contributed by atoms with E-state index in [9.17, 15) is 0 Å². The van der Waals surface area contributed by atoms with Crippen molar-refractivity contribution in [3.05, 3.63) is 0 Å². The smallest absolute Gasteiger partial charge is 0.0320 e. The number of nitrogens with zero attached hydrogens (tertiary/aromatic N) is 1. The largest absolute Gasteiger partial charge is 0.314 e.